The van der Waals surface area contributed by atoms with Crippen molar-refractivity contribution >= 4 is 33.3 Å². The van der Waals surface area contributed by atoms with Crippen molar-refractivity contribution in [1.29, 1.82) is 10.7 Å². The lowest BCUT2D eigenvalue weighted by atomic mass is 9.92. The zero-order valence-electron chi connectivity index (χ0n) is 22.1. The van der Waals surface area contributed by atoms with Crippen molar-refractivity contribution in [2.24, 2.45) is 0 Å². The predicted octanol–water partition coefficient (Wildman–Crippen LogP) is 3.14. The predicted molar refractivity (Wildman–Crippen MR) is 145 cm³/mol. The number of hydroxylamine groups is 1. The molecule has 5 atom stereocenters. The van der Waals surface area contributed by atoms with E-state index in [0.717, 1.165) is 28.1 Å². The number of hydrogen-bond acceptors (Lipinski definition) is 11. The summed E-state index contributed by atoms with van der Waals surface area (Å²) < 4.78 is 49.8. The van der Waals surface area contributed by atoms with E-state index in [-0.39, 0.29) is 23.5 Å². The van der Waals surface area contributed by atoms with Crippen LogP contribution in [0.15, 0.2) is 30.5 Å². The maximum absolute atomic E-state index is 13.9. The third kappa shape index (κ3) is 4.82. The molecule has 2 fully saturated rings. The van der Waals surface area contributed by atoms with E-state index in [1.165, 1.54) is 22.2 Å². The van der Waals surface area contributed by atoms with E-state index in [9.17, 15) is 23.5 Å². The van der Waals surface area contributed by atoms with Gasteiger partial charge in [-0.15, -0.1) is 11.3 Å². The fraction of sp³-hybridized carbons (Fsp3) is 0.296. The Labute approximate surface area is 240 Å². The van der Waals surface area contributed by atoms with Gasteiger partial charge in [0.25, 0.3) is 0 Å². The molecule has 11 nitrogen and oxygen atoms in total. The van der Waals surface area contributed by atoms with E-state index in [0.29, 0.717) is 22.6 Å². The number of allylic oxidation sites excluding steroid dienone is 1. The van der Waals surface area contributed by atoms with Gasteiger partial charge in [0.1, 0.15) is 36.3 Å². The van der Waals surface area contributed by atoms with Gasteiger partial charge in [-0.25, -0.2) is 27.8 Å². The second-order valence-electron chi connectivity index (χ2n) is 9.82. The van der Waals surface area contributed by atoms with Crippen molar-refractivity contribution in [2.75, 3.05) is 6.54 Å². The average Bonchev–Trinajstić information content (AvgIpc) is 3.68. The standard InChI is InChI=1S/C27H23F3N8O3S/c1-11-35-27(38(37-11)19-6-21-18(5-14(19)7-31)36-12(2)42-21)26-24(39)23(25-20(40-26)10-34-41-25)33-9-15(8-32)13-3-16(28)22(30)17(29)4-13/h3-6,8-9,20,23-26,32-34,39H,10H2,1-2H3/b15-9+,32-8?. The van der Waals surface area contributed by atoms with Crippen LogP contribution in [0.4, 0.5) is 13.2 Å². The van der Waals surface area contributed by atoms with Crippen LogP contribution in [0.5, 0.6) is 0 Å². The molecule has 0 bridgehead atoms. The molecule has 4 N–H and O–H groups in total. The van der Waals surface area contributed by atoms with Crippen LogP contribution in [0.2, 0.25) is 0 Å². The molecular formula is C27H23F3N8O3S. The van der Waals surface area contributed by atoms with Crippen molar-refractivity contribution in [2.45, 2.75) is 44.3 Å². The number of aliphatic hydroxyl groups excluding tert-OH is 1. The molecule has 15 heteroatoms. The first kappa shape index (κ1) is 27.9. The van der Waals surface area contributed by atoms with E-state index in [1.54, 1.807) is 19.1 Å². The van der Waals surface area contributed by atoms with Crippen molar-refractivity contribution in [1.82, 2.24) is 30.5 Å². The minimum Gasteiger partial charge on any atom is -0.388 e. The quantitative estimate of drug-likeness (QED) is 0.194. The minimum absolute atomic E-state index is 0.0244. The van der Waals surface area contributed by atoms with Gasteiger partial charge in [-0.3, -0.25) is 4.84 Å². The highest BCUT2D eigenvalue weighted by Gasteiger charge is 2.50. The highest BCUT2D eigenvalue weighted by molar-refractivity contribution is 7.18. The minimum atomic E-state index is -1.62. The van der Waals surface area contributed by atoms with Crippen LogP contribution < -0.4 is 10.8 Å². The molecular weight excluding hydrogens is 573 g/mol. The topological polar surface area (TPSA) is 154 Å². The second-order valence-corrected chi connectivity index (χ2v) is 11.1. The van der Waals surface area contributed by atoms with Gasteiger partial charge in [-0.05, 0) is 43.7 Å². The summed E-state index contributed by atoms with van der Waals surface area (Å²) in [4.78, 5) is 14.6. The van der Waals surface area contributed by atoms with Crippen LogP contribution in [-0.2, 0) is 9.57 Å². The molecule has 5 unspecified atom stereocenters. The van der Waals surface area contributed by atoms with Crippen LogP contribution in [0, 0.1) is 48.0 Å². The van der Waals surface area contributed by atoms with Gasteiger partial charge >= 0.3 is 0 Å². The lowest BCUT2D eigenvalue weighted by molar-refractivity contribution is -0.174. The average molecular weight is 597 g/mol. The third-order valence-corrected chi connectivity index (χ3v) is 8.02. The number of thiazole rings is 1. The molecule has 6 rings (SSSR count). The number of halogens is 3. The number of nitrogens with one attached hydrogen (secondary N) is 3. The first-order valence-electron chi connectivity index (χ1n) is 12.8. The molecule has 4 heterocycles. The number of aryl methyl sites for hydroxylation is 2. The number of nitrogens with zero attached hydrogens (tertiary/aromatic N) is 5. The second kappa shape index (κ2) is 10.9. The van der Waals surface area contributed by atoms with Crippen molar-refractivity contribution < 1.29 is 27.9 Å². The molecule has 42 heavy (non-hydrogen) atoms. The Bertz CT molecular complexity index is 1760. The van der Waals surface area contributed by atoms with Crippen molar-refractivity contribution in [3.8, 4) is 11.8 Å². The molecule has 2 aliphatic rings. The van der Waals surface area contributed by atoms with E-state index >= 15 is 0 Å². The monoisotopic (exact) mass is 596 g/mol. The number of aromatic nitrogens is 4. The fourth-order valence-electron chi connectivity index (χ4n) is 5.16. The van der Waals surface area contributed by atoms with Crippen LogP contribution in [0.1, 0.15) is 33.9 Å². The number of benzene rings is 2. The molecule has 0 radical (unpaired) electrons. The molecule has 2 aromatic carbocycles. The van der Waals surface area contributed by atoms with Gasteiger partial charge in [-0.2, -0.15) is 15.8 Å². The zero-order valence-corrected chi connectivity index (χ0v) is 22.9. The summed E-state index contributed by atoms with van der Waals surface area (Å²) in [5, 5.41) is 37.6. The van der Waals surface area contributed by atoms with Gasteiger partial charge < -0.3 is 20.6 Å². The van der Waals surface area contributed by atoms with Crippen LogP contribution in [-0.4, -0.2) is 62.0 Å². The van der Waals surface area contributed by atoms with E-state index in [2.05, 4.69) is 31.9 Å². The Morgan fingerprint density at radius 3 is 2.71 bits per heavy atom. The molecule has 4 aromatic rings. The van der Waals surface area contributed by atoms with Gasteiger partial charge in [0.15, 0.2) is 23.3 Å². The molecule has 2 aromatic heterocycles. The van der Waals surface area contributed by atoms with Crippen LogP contribution in [0.25, 0.3) is 21.5 Å². The number of fused-ring (bicyclic) bond motifs is 2. The number of nitriles is 1. The number of hydrogen-bond donors (Lipinski definition) is 4. The fourth-order valence-corrected chi connectivity index (χ4v) is 6.00. The summed E-state index contributed by atoms with van der Waals surface area (Å²) in [7, 11) is 0. The van der Waals surface area contributed by atoms with Crippen molar-refractivity contribution in [3.63, 3.8) is 0 Å². The Kier molecular flexibility index (Phi) is 7.25. The first-order chi connectivity index (χ1) is 20.2. The Balaban J connectivity index is 1.38. The van der Waals surface area contributed by atoms with Gasteiger partial charge in [0.05, 0.1) is 39.1 Å². The Morgan fingerprint density at radius 2 is 2.00 bits per heavy atom. The highest BCUT2D eigenvalue weighted by Crippen LogP contribution is 2.36. The Morgan fingerprint density at radius 1 is 1.24 bits per heavy atom. The summed E-state index contributed by atoms with van der Waals surface area (Å²) in [6, 6.07) is 6.34. The van der Waals surface area contributed by atoms with Gasteiger partial charge in [0, 0.05) is 18.0 Å². The van der Waals surface area contributed by atoms with E-state index in [1.807, 2.05) is 6.92 Å². The zero-order chi connectivity index (χ0) is 29.7. The molecule has 216 valence electrons. The summed E-state index contributed by atoms with van der Waals surface area (Å²) in [5.41, 5.74) is 4.13. The molecule has 2 aliphatic heterocycles. The lowest BCUT2D eigenvalue weighted by Crippen LogP contribution is -2.58. The molecule has 2 saturated heterocycles. The first-order valence-corrected chi connectivity index (χ1v) is 13.6. The molecule has 0 aliphatic carbocycles. The third-order valence-electron chi connectivity index (χ3n) is 7.08. The van der Waals surface area contributed by atoms with E-state index in [4.69, 9.17) is 15.0 Å². The van der Waals surface area contributed by atoms with E-state index < -0.39 is 47.9 Å². The normalized spacial score (nSPS) is 24.0. The SMILES string of the molecule is Cc1nc(C2OC3CNOC3C(N/C=C(\C=N)c3cc(F)c(F)c(F)c3)C2O)n(-c2cc3sc(C)nc3cc2C#N)n1. The summed E-state index contributed by atoms with van der Waals surface area (Å²) in [6.07, 6.45) is -1.48. The van der Waals surface area contributed by atoms with Gasteiger partial charge in [-0.1, -0.05) is 0 Å². The lowest BCUT2D eigenvalue weighted by Gasteiger charge is -2.40. The Hall–Kier alpha value is -4.20. The number of rotatable bonds is 6. The maximum atomic E-state index is 13.9. The molecule has 0 saturated carbocycles. The summed E-state index contributed by atoms with van der Waals surface area (Å²) in [6.45, 7) is 3.83. The van der Waals surface area contributed by atoms with Gasteiger partial charge in [0.2, 0.25) is 0 Å². The smallest absolute Gasteiger partial charge is 0.194 e. The summed E-state index contributed by atoms with van der Waals surface area (Å²) in [5.74, 6) is -3.79. The number of ether oxygens (including phenoxy) is 1. The van der Waals surface area contributed by atoms with Crippen LogP contribution in [0.3, 0.4) is 0 Å². The van der Waals surface area contributed by atoms with Crippen molar-refractivity contribution in [3.05, 3.63) is 75.7 Å². The number of aliphatic hydroxyl groups is 1. The van der Waals surface area contributed by atoms with Crippen LogP contribution >= 0.6 is 11.3 Å². The largest absolute Gasteiger partial charge is 0.388 e. The maximum Gasteiger partial charge on any atom is 0.194 e. The molecule has 0 spiro atoms. The summed E-state index contributed by atoms with van der Waals surface area (Å²) >= 11 is 1.46. The molecule has 0 amide bonds. The highest BCUT2D eigenvalue weighted by atomic mass is 32.1.